The molecule has 0 heterocycles. The number of carbonyl (C=O) groups is 1. The summed E-state index contributed by atoms with van der Waals surface area (Å²) in [7, 11) is 0. The normalized spacial score (nSPS) is 10.5. The molecule has 0 aliphatic carbocycles. The predicted octanol–water partition coefficient (Wildman–Crippen LogP) is 0.787. The number of rotatable bonds is 6. The minimum absolute atomic E-state index is 0.000462. The number of hydrogen-bond acceptors (Lipinski definition) is 5. The molecule has 0 spiro atoms. The van der Waals surface area contributed by atoms with Crippen LogP contribution in [0.15, 0.2) is 18.2 Å². The molecule has 0 aromatic heterocycles. The molecule has 1 rings (SSSR count). The number of nitrogens with zero attached hydrogens (tertiary/aromatic N) is 2. The number of benzene rings is 1. The summed E-state index contributed by atoms with van der Waals surface area (Å²) in [6, 6.07) is 4.36. The maximum Gasteiger partial charge on any atom is 0.275 e. The summed E-state index contributed by atoms with van der Waals surface area (Å²) in [5, 5.41) is 20.0. The van der Waals surface area contributed by atoms with Crippen molar-refractivity contribution in [1.29, 1.82) is 0 Å². The van der Waals surface area contributed by atoms with E-state index in [0.717, 1.165) is 0 Å². The molecule has 0 fully saturated rings. The average Bonchev–Trinajstić information content (AvgIpc) is 2.34. The van der Waals surface area contributed by atoms with Gasteiger partial charge in [0.05, 0.1) is 23.6 Å². The van der Waals surface area contributed by atoms with Crippen LogP contribution in [-0.4, -0.2) is 28.5 Å². The van der Waals surface area contributed by atoms with E-state index >= 15 is 0 Å². The summed E-state index contributed by atoms with van der Waals surface area (Å²) >= 11 is 0. The molecular weight excluding hydrogens is 250 g/mol. The van der Waals surface area contributed by atoms with Gasteiger partial charge in [0.15, 0.2) is 0 Å². The van der Waals surface area contributed by atoms with Gasteiger partial charge in [-0.15, -0.1) is 0 Å². The number of aliphatic hydroxyl groups excluding tert-OH is 1. The minimum Gasteiger partial charge on any atom is -0.391 e. The average molecular weight is 267 g/mol. The molecule has 7 heteroatoms. The Morgan fingerprint density at radius 3 is 2.58 bits per heavy atom. The van der Waals surface area contributed by atoms with E-state index in [-0.39, 0.29) is 23.8 Å². The Morgan fingerprint density at radius 1 is 1.53 bits per heavy atom. The van der Waals surface area contributed by atoms with Crippen molar-refractivity contribution in [1.82, 2.24) is 0 Å². The molecule has 0 saturated carbocycles. The van der Waals surface area contributed by atoms with E-state index < -0.39 is 17.4 Å². The topological polar surface area (TPSA) is 110 Å². The van der Waals surface area contributed by atoms with Crippen LogP contribution in [-0.2, 0) is 11.4 Å². The second kappa shape index (κ2) is 6.14. The fourth-order valence-corrected chi connectivity index (χ4v) is 1.80. The van der Waals surface area contributed by atoms with E-state index in [1.54, 1.807) is 11.0 Å². The zero-order valence-electron chi connectivity index (χ0n) is 10.9. The van der Waals surface area contributed by atoms with Crippen LogP contribution in [0.1, 0.15) is 19.4 Å². The summed E-state index contributed by atoms with van der Waals surface area (Å²) in [4.78, 5) is 23.0. The van der Waals surface area contributed by atoms with E-state index in [4.69, 9.17) is 5.73 Å². The molecule has 1 aromatic carbocycles. The van der Waals surface area contributed by atoms with Gasteiger partial charge in [0.2, 0.25) is 5.91 Å². The maximum absolute atomic E-state index is 11.0. The third-order valence-corrected chi connectivity index (χ3v) is 2.71. The number of nitro benzene ring substituents is 1. The Kier molecular flexibility index (Phi) is 4.82. The second-order valence-corrected chi connectivity index (χ2v) is 4.42. The molecule has 19 heavy (non-hydrogen) atoms. The van der Waals surface area contributed by atoms with Crippen molar-refractivity contribution in [2.24, 2.45) is 5.73 Å². The number of amides is 1. The second-order valence-electron chi connectivity index (χ2n) is 4.42. The first-order chi connectivity index (χ1) is 8.86. The van der Waals surface area contributed by atoms with Crippen molar-refractivity contribution in [3.8, 4) is 0 Å². The monoisotopic (exact) mass is 267 g/mol. The number of carbonyl (C=O) groups excluding carboxylic acids is 1. The smallest absolute Gasteiger partial charge is 0.275 e. The number of nitrogens with two attached hydrogens (primary N) is 1. The van der Waals surface area contributed by atoms with Crippen molar-refractivity contribution in [2.45, 2.75) is 26.5 Å². The third-order valence-electron chi connectivity index (χ3n) is 2.71. The first-order valence-corrected chi connectivity index (χ1v) is 5.80. The highest BCUT2D eigenvalue weighted by molar-refractivity contribution is 5.80. The van der Waals surface area contributed by atoms with Gasteiger partial charge in [-0.3, -0.25) is 14.9 Å². The lowest BCUT2D eigenvalue weighted by atomic mass is 10.1. The van der Waals surface area contributed by atoms with Gasteiger partial charge >= 0.3 is 0 Å². The van der Waals surface area contributed by atoms with E-state index in [2.05, 4.69) is 0 Å². The SMILES string of the molecule is CC(C)N(CC(N)=O)c1ccc([N+](=O)[O-])c(CO)c1. The van der Waals surface area contributed by atoms with Gasteiger partial charge in [0.25, 0.3) is 5.69 Å². The molecule has 0 radical (unpaired) electrons. The van der Waals surface area contributed by atoms with Crippen molar-refractivity contribution in [3.05, 3.63) is 33.9 Å². The first-order valence-electron chi connectivity index (χ1n) is 5.80. The molecule has 104 valence electrons. The number of aliphatic hydroxyl groups is 1. The molecule has 1 aromatic rings. The zero-order valence-corrected chi connectivity index (χ0v) is 10.9. The summed E-state index contributed by atoms with van der Waals surface area (Å²) < 4.78 is 0. The van der Waals surface area contributed by atoms with Gasteiger partial charge in [-0.05, 0) is 26.0 Å². The third kappa shape index (κ3) is 3.65. The fraction of sp³-hybridized carbons (Fsp3) is 0.417. The van der Waals surface area contributed by atoms with Gasteiger partial charge in [-0.2, -0.15) is 0 Å². The van der Waals surface area contributed by atoms with Crippen LogP contribution in [0.4, 0.5) is 11.4 Å². The van der Waals surface area contributed by atoms with Crippen molar-refractivity contribution < 1.29 is 14.8 Å². The molecule has 0 aliphatic heterocycles. The highest BCUT2D eigenvalue weighted by atomic mass is 16.6. The molecule has 7 nitrogen and oxygen atoms in total. The summed E-state index contributed by atoms with van der Waals surface area (Å²) in [6.45, 7) is 3.33. The lowest BCUT2D eigenvalue weighted by molar-refractivity contribution is -0.385. The molecule has 0 aliphatic rings. The Balaban J connectivity index is 3.18. The van der Waals surface area contributed by atoms with Crippen LogP contribution >= 0.6 is 0 Å². The first kappa shape index (κ1) is 14.9. The Bertz CT molecular complexity index is 488. The highest BCUT2D eigenvalue weighted by Crippen LogP contribution is 2.26. The van der Waals surface area contributed by atoms with Gasteiger partial charge < -0.3 is 15.7 Å². The quantitative estimate of drug-likeness (QED) is 0.584. The van der Waals surface area contributed by atoms with E-state index in [1.807, 2.05) is 13.8 Å². The number of primary amides is 1. The van der Waals surface area contributed by atoms with Gasteiger partial charge in [0, 0.05) is 17.8 Å². The summed E-state index contributed by atoms with van der Waals surface area (Å²) in [6.07, 6.45) is 0. The van der Waals surface area contributed by atoms with E-state index in [0.29, 0.717) is 5.69 Å². The van der Waals surface area contributed by atoms with E-state index in [1.165, 1.54) is 12.1 Å². The van der Waals surface area contributed by atoms with Crippen LogP contribution in [0, 0.1) is 10.1 Å². The van der Waals surface area contributed by atoms with Crippen molar-refractivity contribution >= 4 is 17.3 Å². The Hall–Kier alpha value is -2.15. The maximum atomic E-state index is 11.0. The Labute approximate surface area is 110 Å². The largest absolute Gasteiger partial charge is 0.391 e. The fourth-order valence-electron chi connectivity index (χ4n) is 1.80. The summed E-state index contributed by atoms with van der Waals surface area (Å²) in [5.74, 6) is -0.488. The molecule has 3 N–H and O–H groups in total. The molecule has 0 atom stereocenters. The van der Waals surface area contributed by atoms with Crippen LogP contribution in [0.25, 0.3) is 0 Å². The number of anilines is 1. The van der Waals surface area contributed by atoms with Gasteiger partial charge in [-0.25, -0.2) is 0 Å². The zero-order chi connectivity index (χ0) is 14.6. The highest BCUT2D eigenvalue weighted by Gasteiger charge is 2.18. The van der Waals surface area contributed by atoms with Crippen LogP contribution in [0.2, 0.25) is 0 Å². The van der Waals surface area contributed by atoms with Crippen molar-refractivity contribution in [3.63, 3.8) is 0 Å². The molecule has 1 amide bonds. The minimum atomic E-state index is -0.552. The van der Waals surface area contributed by atoms with Crippen LogP contribution < -0.4 is 10.6 Å². The van der Waals surface area contributed by atoms with Crippen molar-refractivity contribution in [2.75, 3.05) is 11.4 Å². The lowest BCUT2D eigenvalue weighted by Gasteiger charge is -2.27. The van der Waals surface area contributed by atoms with Crippen LogP contribution in [0.5, 0.6) is 0 Å². The Morgan fingerprint density at radius 2 is 2.16 bits per heavy atom. The molecule has 0 bridgehead atoms. The van der Waals surface area contributed by atoms with Gasteiger partial charge in [-0.1, -0.05) is 0 Å². The summed E-state index contributed by atoms with van der Waals surface area (Å²) in [5.41, 5.74) is 5.85. The number of hydrogen-bond donors (Lipinski definition) is 2. The standard InChI is InChI=1S/C12H17N3O4/c1-8(2)14(6-12(13)17)10-3-4-11(15(18)19)9(5-10)7-16/h3-5,8,16H,6-7H2,1-2H3,(H2,13,17). The van der Waals surface area contributed by atoms with Gasteiger partial charge in [0.1, 0.15) is 0 Å². The number of nitro groups is 1. The van der Waals surface area contributed by atoms with Crippen LogP contribution in [0.3, 0.4) is 0 Å². The van der Waals surface area contributed by atoms with E-state index in [9.17, 15) is 20.0 Å². The predicted molar refractivity (Wildman–Crippen MR) is 70.7 cm³/mol. The lowest BCUT2D eigenvalue weighted by Crippen LogP contribution is -2.38. The molecular formula is C12H17N3O4. The molecule has 0 saturated heterocycles. The molecule has 0 unspecified atom stereocenters.